The Morgan fingerprint density at radius 2 is 1.96 bits per heavy atom. The standard InChI is InChI=1S/C17H19N3O3S/c1-5-20(6-2)17(22)14-11(4)12(9-18)16(24-14)19-15(21)13-8-7-10(3)23-13/h7-8H,5-6H2,1-4H3,(H,19,21). The van der Waals surface area contributed by atoms with E-state index in [1.807, 2.05) is 13.8 Å². The van der Waals surface area contributed by atoms with Crippen molar-refractivity contribution in [3.05, 3.63) is 39.7 Å². The molecule has 7 heteroatoms. The number of nitrogens with one attached hydrogen (secondary N) is 1. The molecule has 0 aliphatic heterocycles. The van der Waals surface area contributed by atoms with Crippen molar-refractivity contribution in [1.82, 2.24) is 4.90 Å². The first kappa shape index (κ1) is 17.8. The summed E-state index contributed by atoms with van der Waals surface area (Å²) in [6, 6.07) is 5.33. The summed E-state index contributed by atoms with van der Waals surface area (Å²) in [7, 11) is 0. The molecule has 0 aromatic carbocycles. The van der Waals surface area contributed by atoms with E-state index in [9.17, 15) is 14.9 Å². The van der Waals surface area contributed by atoms with Crippen molar-refractivity contribution in [2.24, 2.45) is 0 Å². The van der Waals surface area contributed by atoms with E-state index in [0.717, 1.165) is 11.3 Å². The minimum Gasteiger partial charge on any atom is -0.456 e. The second kappa shape index (κ2) is 7.32. The molecule has 0 bridgehead atoms. The zero-order valence-electron chi connectivity index (χ0n) is 14.1. The van der Waals surface area contributed by atoms with Crippen molar-refractivity contribution in [2.75, 3.05) is 18.4 Å². The van der Waals surface area contributed by atoms with Crippen LogP contribution in [-0.2, 0) is 0 Å². The van der Waals surface area contributed by atoms with Gasteiger partial charge in [-0.05, 0) is 45.4 Å². The molecule has 0 radical (unpaired) electrons. The second-order valence-electron chi connectivity index (χ2n) is 5.21. The maximum atomic E-state index is 12.6. The Kier molecular flexibility index (Phi) is 5.42. The molecule has 0 aliphatic rings. The SMILES string of the molecule is CCN(CC)C(=O)c1sc(NC(=O)c2ccc(C)o2)c(C#N)c1C. The molecule has 2 heterocycles. The van der Waals surface area contributed by atoms with Gasteiger partial charge in [0, 0.05) is 13.1 Å². The van der Waals surface area contributed by atoms with Crippen molar-refractivity contribution >= 4 is 28.2 Å². The van der Waals surface area contributed by atoms with Gasteiger partial charge in [-0.25, -0.2) is 0 Å². The number of carbonyl (C=O) groups is 2. The van der Waals surface area contributed by atoms with Crippen LogP contribution in [0.4, 0.5) is 5.00 Å². The quantitative estimate of drug-likeness (QED) is 0.897. The molecule has 0 spiro atoms. The van der Waals surface area contributed by atoms with Gasteiger partial charge in [0.15, 0.2) is 5.76 Å². The largest absolute Gasteiger partial charge is 0.456 e. The zero-order chi connectivity index (χ0) is 17.9. The lowest BCUT2D eigenvalue weighted by molar-refractivity contribution is 0.0777. The number of hydrogen-bond donors (Lipinski definition) is 1. The first-order valence-electron chi connectivity index (χ1n) is 7.63. The Labute approximate surface area is 144 Å². The molecule has 2 rings (SSSR count). The van der Waals surface area contributed by atoms with Gasteiger partial charge in [0.25, 0.3) is 11.8 Å². The molecular weight excluding hydrogens is 326 g/mol. The van der Waals surface area contributed by atoms with Crippen LogP contribution in [-0.4, -0.2) is 29.8 Å². The highest BCUT2D eigenvalue weighted by Gasteiger charge is 2.24. The second-order valence-corrected chi connectivity index (χ2v) is 6.23. The average Bonchev–Trinajstić information content (AvgIpc) is 3.12. The maximum absolute atomic E-state index is 12.6. The van der Waals surface area contributed by atoms with E-state index in [0.29, 0.717) is 39.9 Å². The lowest BCUT2D eigenvalue weighted by Crippen LogP contribution is -2.30. The van der Waals surface area contributed by atoms with Gasteiger partial charge < -0.3 is 14.6 Å². The van der Waals surface area contributed by atoms with Crippen LogP contribution in [0.2, 0.25) is 0 Å². The first-order valence-corrected chi connectivity index (χ1v) is 8.45. The van der Waals surface area contributed by atoms with Crippen molar-refractivity contribution in [2.45, 2.75) is 27.7 Å². The third-order valence-corrected chi connectivity index (χ3v) is 4.89. The highest BCUT2D eigenvalue weighted by molar-refractivity contribution is 7.18. The summed E-state index contributed by atoms with van der Waals surface area (Å²) in [5.74, 6) is 0.218. The molecule has 2 aromatic heterocycles. The van der Waals surface area contributed by atoms with E-state index >= 15 is 0 Å². The average molecular weight is 345 g/mol. The number of thiophene rings is 1. The minimum atomic E-state index is -0.442. The van der Waals surface area contributed by atoms with E-state index in [1.54, 1.807) is 30.9 Å². The lowest BCUT2D eigenvalue weighted by atomic mass is 10.1. The molecule has 0 atom stereocenters. The summed E-state index contributed by atoms with van der Waals surface area (Å²) < 4.78 is 5.28. The number of carbonyl (C=O) groups excluding carboxylic acids is 2. The molecule has 6 nitrogen and oxygen atoms in total. The fraction of sp³-hybridized carbons (Fsp3) is 0.353. The number of furan rings is 1. The van der Waals surface area contributed by atoms with Gasteiger partial charge in [-0.3, -0.25) is 9.59 Å². The number of rotatable bonds is 5. The Hall–Kier alpha value is -2.59. The molecule has 2 aromatic rings. The van der Waals surface area contributed by atoms with Crippen molar-refractivity contribution in [3.8, 4) is 6.07 Å². The van der Waals surface area contributed by atoms with Crippen LogP contribution in [0.3, 0.4) is 0 Å². The van der Waals surface area contributed by atoms with Crippen molar-refractivity contribution < 1.29 is 14.0 Å². The third-order valence-electron chi connectivity index (χ3n) is 3.69. The van der Waals surface area contributed by atoms with Crippen LogP contribution in [0.1, 0.15) is 51.0 Å². The van der Waals surface area contributed by atoms with Crippen LogP contribution in [0.5, 0.6) is 0 Å². The Bertz CT molecular complexity index is 810. The van der Waals surface area contributed by atoms with Crippen LogP contribution in [0, 0.1) is 25.2 Å². The van der Waals surface area contributed by atoms with Gasteiger partial charge in [-0.15, -0.1) is 11.3 Å². The summed E-state index contributed by atoms with van der Waals surface area (Å²) in [5, 5.41) is 12.4. The molecule has 0 fully saturated rings. The summed E-state index contributed by atoms with van der Waals surface area (Å²) in [5.41, 5.74) is 0.900. The van der Waals surface area contributed by atoms with Crippen LogP contribution in [0.25, 0.3) is 0 Å². The summed E-state index contributed by atoms with van der Waals surface area (Å²) in [4.78, 5) is 26.9. The minimum absolute atomic E-state index is 0.131. The number of amides is 2. The molecule has 0 saturated heterocycles. The van der Waals surface area contributed by atoms with E-state index in [4.69, 9.17) is 4.42 Å². The molecule has 24 heavy (non-hydrogen) atoms. The molecule has 1 N–H and O–H groups in total. The van der Waals surface area contributed by atoms with Crippen molar-refractivity contribution in [1.29, 1.82) is 5.26 Å². The normalized spacial score (nSPS) is 10.3. The van der Waals surface area contributed by atoms with Gasteiger partial charge in [-0.2, -0.15) is 5.26 Å². The Balaban J connectivity index is 2.34. The molecule has 126 valence electrons. The predicted molar refractivity (Wildman–Crippen MR) is 92.4 cm³/mol. The molecule has 0 aliphatic carbocycles. The summed E-state index contributed by atoms with van der Waals surface area (Å²) in [6.45, 7) is 8.44. The molecule has 2 amide bonds. The first-order chi connectivity index (χ1) is 11.4. The molecule has 0 saturated carbocycles. The number of hydrogen-bond acceptors (Lipinski definition) is 5. The Morgan fingerprint density at radius 3 is 2.46 bits per heavy atom. The van der Waals surface area contributed by atoms with Crippen LogP contribution in [0.15, 0.2) is 16.5 Å². The van der Waals surface area contributed by atoms with E-state index in [-0.39, 0.29) is 11.7 Å². The molecule has 0 unspecified atom stereocenters. The topological polar surface area (TPSA) is 86.3 Å². The summed E-state index contributed by atoms with van der Waals surface area (Å²) >= 11 is 1.12. The van der Waals surface area contributed by atoms with E-state index < -0.39 is 5.91 Å². The predicted octanol–water partition coefficient (Wildman–Crippen LogP) is 3.56. The highest BCUT2D eigenvalue weighted by Crippen LogP contribution is 2.33. The smallest absolute Gasteiger partial charge is 0.292 e. The number of anilines is 1. The van der Waals surface area contributed by atoms with E-state index in [2.05, 4.69) is 11.4 Å². The number of nitriles is 1. The Morgan fingerprint density at radius 1 is 1.29 bits per heavy atom. The fourth-order valence-electron chi connectivity index (χ4n) is 2.32. The monoisotopic (exact) mass is 345 g/mol. The highest BCUT2D eigenvalue weighted by atomic mass is 32.1. The maximum Gasteiger partial charge on any atom is 0.292 e. The fourth-order valence-corrected chi connectivity index (χ4v) is 3.44. The molecular formula is C17H19N3O3S. The zero-order valence-corrected chi connectivity index (χ0v) is 14.9. The van der Waals surface area contributed by atoms with E-state index in [1.165, 1.54) is 0 Å². The number of nitrogens with zero attached hydrogens (tertiary/aromatic N) is 2. The van der Waals surface area contributed by atoms with Crippen LogP contribution >= 0.6 is 11.3 Å². The van der Waals surface area contributed by atoms with Gasteiger partial charge in [-0.1, -0.05) is 0 Å². The van der Waals surface area contributed by atoms with Crippen LogP contribution < -0.4 is 5.32 Å². The summed E-state index contributed by atoms with van der Waals surface area (Å²) in [6.07, 6.45) is 0. The van der Waals surface area contributed by atoms with Gasteiger partial charge in [0.2, 0.25) is 0 Å². The number of aryl methyl sites for hydroxylation is 1. The lowest BCUT2D eigenvalue weighted by Gasteiger charge is -2.17. The van der Waals surface area contributed by atoms with Gasteiger partial charge in [0.1, 0.15) is 16.8 Å². The van der Waals surface area contributed by atoms with Gasteiger partial charge in [0.05, 0.1) is 10.4 Å². The van der Waals surface area contributed by atoms with Gasteiger partial charge >= 0.3 is 0 Å². The van der Waals surface area contributed by atoms with Crippen molar-refractivity contribution in [3.63, 3.8) is 0 Å². The third kappa shape index (κ3) is 3.34.